The number of hydrogen-bond donors (Lipinski definition) is 1. The third kappa shape index (κ3) is 2.76. The maximum Gasteiger partial charge on any atom is 0.407 e. The second-order valence-electron chi connectivity index (χ2n) is 3.01. The van der Waals surface area contributed by atoms with E-state index in [0.717, 1.165) is 12.0 Å². The minimum atomic E-state index is -0.388. The summed E-state index contributed by atoms with van der Waals surface area (Å²) in [5, 5.41) is 2.77. The van der Waals surface area contributed by atoms with E-state index in [1.165, 1.54) is 7.11 Å². The lowest BCUT2D eigenvalue weighted by Crippen LogP contribution is -2.27. The summed E-state index contributed by atoms with van der Waals surface area (Å²) in [6, 6.07) is 9.87. The summed E-state index contributed by atoms with van der Waals surface area (Å²) >= 11 is 0. The molecule has 0 aromatic heterocycles. The highest BCUT2D eigenvalue weighted by atomic mass is 16.5. The molecule has 0 saturated carbocycles. The highest BCUT2D eigenvalue weighted by molar-refractivity contribution is 5.67. The molecule has 1 amide bonds. The average molecular weight is 193 g/mol. The van der Waals surface area contributed by atoms with E-state index in [2.05, 4.69) is 10.1 Å². The number of alkyl carbamates (subject to hydrolysis) is 1. The Morgan fingerprint density at radius 3 is 2.57 bits per heavy atom. The first kappa shape index (κ1) is 10.6. The third-order valence-corrected chi connectivity index (χ3v) is 2.09. The SMILES string of the molecule is CC[C@H](NC(=O)OC)c1ccccc1. The van der Waals surface area contributed by atoms with E-state index >= 15 is 0 Å². The van der Waals surface area contributed by atoms with E-state index in [4.69, 9.17) is 0 Å². The van der Waals surface area contributed by atoms with Gasteiger partial charge >= 0.3 is 6.09 Å². The van der Waals surface area contributed by atoms with Crippen LogP contribution in [0.4, 0.5) is 4.79 Å². The molecular formula is C11H15NO2. The molecule has 76 valence electrons. The Labute approximate surface area is 84.1 Å². The van der Waals surface area contributed by atoms with Crippen molar-refractivity contribution in [1.82, 2.24) is 5.32 Å². The number of carbonyl (C=O) groups is 1. The van der Waals surface area contributed by atoms with Crippen molar-refractivity contribution >= 4 is 6.09 Å². The highest BCUT2D eigenvalue weighted by Gasteiger charge is 2.11. The van der Waals surface area contributed by atoms with Crippen LogP contribution in [0.25, 0.3) is 0 Å². The van der Waals surface area contributed by atoms with Crippen LogP contribution in [0.2, 0.25) is 0 Å². The summed E-state index contributed by atoms with van der Waals surface area (Å²) in [4.78, 5) is 11.0. The fourth-order valence-corrected chi connectivity index (χ4v) is 1.31. The van der Waals surface area contributed by atoms with Crippen LogP contribution in [0.5, 0.6) is 0 Å². The van der Waals surface area contributed by atoms with Crippen LogP contribution in [0.3, 0.4) is 0 Å². The molecule has 3 nitrogen and oxygen atoms in total. The Bertz CT molecular complexity index is 285. The molecule has 14 heavy (non-hydrogen) atoms. The molecule has 0 aliphatic carbocycles. The molecule has 0 heterocycles. The topological polar surface area (TPSA) is 38.3 Å². The maximum atomic E-state index is 11.0. The van der Waals surface area contributed by atoms with Gasteiger partial charge in [0.2, 0.25) is 0 Å². The average Bonchev–Trinajstić information content (AvgIpc) is 2.26. The summed E-state index contributed by atoms with van der Waals surface area (Å²) < 4.78 is 4.55. The maximum absolute atomic E-state index is 11.0. The van der Waals surface area contributed by atoms with E-state index in [1.54, 1.807) is 0 Å². The van der Waals surface area contributed by atoms with E-state index in [9.17, 15) is 4.79 Å². The molecule has 1 aromatic carbocycles. The second-order valence-corrected chi connectivity index (χ2v) is 3.01. The molecule has 0 unspecified atom stereocenters. The summed E-state index contributed by atoms with van der Waals surface area (Å²) in [5.74, 6) is 0. The fraction of sp³-hybridized carbons (Fsp3) is 0.364. The zero-order valence-corrected chi connectivity index (χ0v) is 8.49. The van der Waals surface area contributed by atoms with Crippen molar-refractivity contribution < 1.29 is 9.53 Å². The van der Waals surface area contributed by atoms with Crippen molar-refractivity contribution in [3.05, 3.63) is 35.9 Å². The first-order valence-electron chi connectivity index (χ1n) is 4.67. The van der Waals surface area contributed by atoms with Crippen LogP contribution in [-0.4, -0.2) is 13.2 Å². The van der Waals surface area contributed by atoms with Crippen LogP contribution in [-0.2, 0) is 4.74 Å². The number of ether oxygens (including phenoxy) is 1. The van der Waals surface area contributed by atoms with Crippen molar-refractivity contribution in [2.45, 2.75) is 19.4 Å². The van der Waals surface area contributed by atoms with Crippen LogP contribution in [0.1, 0.15) is 24.9 Å². The molecule has 0 spiro atoms. The van der Waals surface area contributed by atoms with Crippen LogP contribution >= 0.6 is 0 Å². The van der Waals surface area contributed by atoms with Crippen molar-refractivity contribution in [1.29, 1.82) is 0 Å². The molecule has 0 radical (unpaired) electrons. The van der Waals surface area contributed by atoms with Crippen LogP contribution in [0.15, 0.2) is 30.3 Å². The predicted octanol–water partition coefficient (Wildman–Crippen LogP) is 2.49. The Morgan fingerprint density at radius 2 is 2.07 bits per heavy atom. The summed E-state index contributed by atoms with van der Waals surface area (Å²) in [6.45, 7) is 2.02. The van der Waals surface area contributed by atoms with Gasteiger partial charge in [-0.15, -0.1) is 0 Å². The predicted molar refractivity (Wildman–Crippen MR) is 55.0 cm³/mol. The molecule has 1 rings (SSSR count). The second kappa shape index (κ2) is 5.27. The number of nitrogens with one attached hydrogen (secondary N) is 1. The third-order valence-electron chi connectivity index (χ3n) is 2.09. The molecule has 1 aromatic rings. The number of rotatable bonds is 3. The van der Waals surface area contributed by atoms with Crippen molar-refractivity contribution in [2.24, 2.45) is 0 Å². The quantitative estimate of drug-likeness (QED) is 0.800. The minimum absolute atomic E-state index is 0.0312. The normalized spacial score (nSPS) is 11.9. The number of hydrogen-bond acceptors (Lipinski definition) is 2. The van der Waals surface area contributed by atoms with E-state index in [0.29, 0.717) is 0 Å². The largest absolute Gasteiger partial charge is 0.453 e. The minimum Gasteiger partial charge on any atom is -0.453 e. The monoisotopic (exact) mass is 193 g/mol. The first-order valence-corrected chi connectivity index (χ1v) is 4.67. The first-order chi connectivity index (χ1) is 6.77. The van der Waals surface area contributed by atoms with Gasteiger partial charge in [-0.05, 0) is 12.0 Å². The van der Waals surface area contributed by atoms with Crippen LogP contribution in [0, 0.1) is 0 Å². The van der Waals surface area contributed by atoms with E-state index < -0.39 is 0 Å². The smallest absolute Gasteiger partial charge is 0.407 e. The molecule has 1 atom stereocenters. The van der Waals surface area contributed by atoms with Gasteiger partial charge < -0.3 is 10.1 Å². The molecule has 3 heteroatoms. The molecule has 0 fully saturated rings. The molecule has 0 aliphatic heterocycles. The number of benzene rings is 1. The number of carbonyl (C=O) groups excluding carboxylic acids is 1. The van der Waals surface area contributed by atoms with Crippen molar-refractivity contribution in [3.8, 4) is 0 Å². The van der Waals surface area contributed by atoms with Crippen molar-refractivity contribution in [2.75, 3.05) is 7.11 Å². The van der Waals surface area contributed by atoms with Crippen molar-refractivity contribution in [3.63, 3.8) is 0 Å². The van der Waals surface area contributed by atoms with Gasteiger partial charge in [0.05, 0.1) is 13.2 Å². The summed E-state index contributed by atoms with van der Waals surface area (Å²) in [5.41, 5.74) is 1.10. The molecule has 1 N–H and O–H groups in total. The number of methoxy groups -OCH3 is 1. The summed E-state index contributed by atoms with van der Waals surface area (Å²) in [6.07, 6.45) is 0.458. The Morgan fingerprint density at radius 1 is 1.43 bits per heavy atom. The number of amides is 1. The van der Waals surface area contributed by atoms with Gasteiger partial charge in [-0.3, -0.25) is 0 Å². The fourth-order valence-electron chi connectivity index (χ4n) is 1.31. The van der Waals surface area contributed by atoms with E-state index in [1.807, 2.05) is 37.3 Å². The zero-order valence-electron chi connectivity index (χ0n) is 8.49. The highest BCUT2D eigenvalue weighted by Crippen LogP contribution is 2.15. The lowest BCUT2D eigenvalue weighted by Gasteiger charge is -2.16. The van der Waals surface area contributed by atoms with Gasteiger partial charge in [-0.2, -0.15) is 0 Å². The Hall–Kier alpha value is -1.51. The lowest BCUT2D eigenvalue weighted by atomic mass is 10.1. The molecule has 0 aliphatic rings. The Kier molecular flexibility index (Phi) is 3.98. The van der Waals surface area contributed by atoms with Gasteiger partial charge in [-0.25, -0.2) is 4.79 Å². The lowest BCUT2D eigenvalue weighted by molar-refractivity contribution is 0.166. The summed E-state index contributed by atoms with van der Waals surface area (Å²) in [7, 11) is 1.37. The van der Waals surface area contributed by atoms with Gasteiger partial charge in [0, 0.05) is 0 Å². The molecule has 0 bridgehead atoms. The van der Waals surface area contributed by atoms with Gasteiger partial charge in [0.15, 0.2) is 0 Å². The van der Waals surface area contributed by atoms with Gasteiger partial charge in [0.25, 0.3) is 0 Å². The zero-order chi connectivity index (χ0) is 10.4. The van der Waals surface area contributed by atoms with Gasteiger partial charge in [-0.1, -0.05) is 37.3 Å². The molecule has 0 saturated heterocycles. The van der Waals surface area contributed by atoms with E-state index in [-0.39, 0.29) is 12.1 Å². The van der Waals surface area contributed by atoms with Crippen LogP contribution < -0.4 is 5.32 Å². The van der Waals surface area contributed by atoms with Gasteiger partial charge in [0.1, 0.15) is 0 Å². The molecular weight excluding hydrogens is 178 g/mol. The Balaban J connectivity index is 2.68. The standard InChI is InChI=1S/C11H15NO2/c1-3-10(12-11(13)14-2)9-7-5-4-6-8-9/h4-8,10H,3H2,1-2H3,(H,12,13)/t10-/m0/s1.